The summed E-state index contributed by atoms with van der Waals surface area (Å²) in [6.07, 6.45) is 4.42. The number of aromatic nitrogens is 3. The van der Waals surface area contributed by atoms with E-state index in [1.807, 2.05) is 24.3 Å². The molecule has 0 atom stereocenters. The molecular weight excluding hydrogens is 232 g/mol. The topological polar surface area (TPSA) is 79.9 Å². The molecule has 0 saturated heterocycles. The van der Waals surface area contributed by atoms with Gasteiger partial charge in [-0.1, -0.05) is 12.1 Å². The summed E-state index contributed by atoms with van der Waals surface area (Å²) in [5, 5.41) is 8.70. The third-order valence-electron chi connectivity index (χ3n) is 2.18. The van der Waals surface area contributed by atoms with Gasteiger partial charge in [-0.05, 0) is 23.8 Å². The van der Waals surface area contributed by atoms with Crippen molar-refractivity contribution in [2.75, 3.05) is 12.4 Å². The van der Waals surface area contributed by atoms with Crippen LogP contribution in [0.1, 0.15) is 5.56 Å². The number of nitrogens with one attached hydrogen (secondary N) is 2. The quantitative estimate of drug-likeness (QED) is 0.798. The highest BCUT2D eigenvalue weighted by Crippen LogP contribution is 2.13. The lowest BCUT2D eigenvalue weighted by Gasteiger charge is -2.00. The zero-order chi connectivity index (χ0) is 12.8. The van der Waals surface area contributed by atoms with Crippen molar-refractivity contribution in [1.29, 1.82) is 0 Å². The van der Waals surface area contributed by atoms with Crippen LogP contribution in [-0.2, 0) is 4.79 Å². The number of anilines is 1. The van der Waals surface area contributed by atoms with Crippen molar-refractivity contribution in [2.24, 2.45) is 0 Å². The monoisotopic (exact) mass is 244 g/mol. The van der Waals surface area contributed by atoms with Gasteiger partial charge < -0.3 is 4.74 Å². The Kier molecular flexibility index (Phi) is 3.70. The fraction of sp³-hybridized carbons (Fsp3) is 0.0833. The Labute approximate surface area is 104 Å². The van der Waals surface area contributed by atoms with Crippen LogP contribution in [0.2, 0.25) is 0 Å². The molecule has 6 nitrogen and oxygen atoms in total. The zero-order valence-electron chi connectivity index (χ0n) is 9.75. The molecule has 6 heteroatoms. The molecule has 1 amide bonds. The number of ether oxygens (including phenoxy) is 1. The maximum Gasteiger partial charge on any atom is 0.250 e. The number of H-pyrrole nitrogens is 1. The molecule has 1 aromatic heterocycles. The Morgan fingerprint density at radius 2 is 2.39 bits per heavy atom. The second-order valence-electron chi connectivity index (χ2n) is 3.43. The number of aromatic amines is 1. The molecule has 2 aromatic rings. The van der Waals surface area contributed by atoms with Crippen molar-refractivity contribution >= 4 is 17.9 Å². The predicted molar refractivity (Wildman–Crippen MR) is 67.0 cm³/mol. The third kappa shape index (κ3) is 3.18. The molecule has 0 fully saturated rings. The number of rotatable bonds is 4. The van der Waals surface area contributed by atoms with Crippen LogP contribution in [0.3, 0.4) is 0 Å². The van der Waals surface area contributed by atoms with E-state index in [0.29, 0.717) is 5.95 Å². The Bertz CT molecular complexity index is 549. The molecule has 2 rings (SSSR count). The van der Waals surface area contributed by atoms with Crippen LogP contribution in [-0.4, -0.2) is 28.2 Å². The Morgan fingerprint density at radius 1 is 1.50 bits per heavy atom. The summed E-state index contributed by atoms with van der Waals surface area (Å²) in [6.45, 7) is 0. The summed E-state index contributed by atoms with van der Waals surface area (Å²) < 4.78 is 5.09. The largest absolute Gasteiger partial charge is 0.497 e. The fourth-order valence-electron chi connectivity index (χ4n) is 1.34. The van der Waals surface area contributed by atoms with Crippen LogP contribution in [0.4, 0.5) is 5.95 Å². The average molecular weight is 244 g/mol. The van der Waals surface area contributed by atoms with Gasteiger partial charge in [0.2, 0.25) is 5.95 Å². The molecule has 0 aliphatic rings. The lowest BCUT2D eigenvalue weighted by Crippen LogP contribution is -2.08. The number of hydrogen-bond acceptors (Lipinski definition) is 4. The van der Waals surface area contributed by atoms with Crippen LogP contribution >= 0.6 is 0 Å². The van der Waals surface area contributed by atoms with Crippen molar-refractivity contribution in [3.05, 3.63) is 42.2 Å². The number of nitrogens with zero attached hydrogens (tertiary/aromatic N) is 2. The van der Waals surface area contributed by atoms with E-state index in [4.69, 9.17) is 4.74 Å². The summed E-state index contributed by atoms with van der Waals surface area (Å²) in [4.78, 5) is 15.3. The van der Waals surface area contributed by atoms with Gasteiger partial charge in [0.25, 0.3) is 5.91 Å². The number of hydrogen-bond donors (Lipinski definition) is 2. The van der Waals surface area contributed by atoms with Crippen LogP contribution in [0.5, 0.6) is 5.75 Å². The smallest absolute Gasteiger partial charge is 0.250 e. The molecule has 0 aliphatic carbocycles. The first-order valence-corrected chi connectivity index (χ1v) is 5.26. The minimum atomic E-state index is -0.283. The van der Waals surface area contributed by atoms with Crippen molar-refractivity contribution in [3.8, 4) is 5.75 Å². The highest BCUT2D eigenvalue weighted by Gasteiger charge is 1.99. The first-order chi connectivity index (χ1) is 8.78. The van der Waals surface area contributed by atoms with Crippen LogP contribution in [0.25, 0.3) is 6.08 Å². The van der Waals surface area contributed by atoms with Gasteiger partial charge in [-0.15, -0.1) is 0 Å². The number of carbonyl (C=O) groups is 1. The van der Waals surface area contributed by atoms with Crippen molar-refractivity contribution < 1.29 is 9.53 Å². The van der Waals surface area contributed by atoms with Gasteiger partial charge in [-0.2, -0.15) is 10.1 Å². The number of amides is 1. The fourth-order valence-corrected chi connectivity index (χ4v) is 1.34. The summed E-state index contributed by atoms with van der Waals surface area (Å²) in [7, 11) is 1.60. The molecule has 0 bridgehead atoms. The van der Waals surface area contributed by atoms with Gasteiger partial charge in [-0.3, -0.25) is 10.1 Å². The second kappa shape index (κ2) is 5.62. The summed E-state index contributed by atoms with van der Waals surface area (Å²) >= 11 is 0. The highest BCUT2D eigenvalue weighted by atomic mass is 16.5. The Morgan fingerprint density at radius 3 is 3.11 bits per heavy atom. The van der Waals surface area contributed by atoms with Crippen LogP contribution in [0.15, 0.2) is 36.7 Å². The summed E-state index contributed by atoms with van der Waals surface area (Å²) in [6, 6.07) is 7.40. The van der Waals surface area contributed by atoms with E-state index >= 15 is 0 Å². The van der Waals surface area contributed by atoms with E-state index in [1.54, 1.807) is 13.2 Å². The lowest BCUT2D eigenvalue weighted by atomic mass is 10.2. The molecule has 1 aromatic carbocycles. The minimum Gasteiger partial charge on any atom is -0.497 e. The SMILES string of the molecule is COc1cccc(/C=C/C(=O)Nc2ncn[nH]2)c1. The Balaban J connectivity index is 1.99. The first kappa shape index (κ1) is 11.8. The van der Waals surface area contributed by atoms with Crippen molar-refractivity contribution in [1.82, 2.24) is 15.2 Å². The van der Waals surface area contributed by atoms with Gasteiger partial charge in [-0.25, -0.2) is 5.10 Å². The minimum absolute atomic E-state index is 0.283. The first-order valence-electron chi connectivity index (χ1n) is 5.26. The maximum atomic E-state index is 11.5. The maximum absolute atomic E-state index is 11.5. The molecule has 18 heavy (non-hydrogen) atoms. The van der Waals surface area contributed by atoms with Gasteiger partial charge in [0.05, 0.1) is 7.11 Å². The molecule has 92 valence electrons. The van der Waals surface area contributed by atoms with Crippen LogP contribution < -0.4 is 10.1 Å². The lowest BCUT2D eigenvalue weighted by molar-refractivity contribution is -0.111. The van der Waals surface area contributed by atoms with Gasteiger partial charge in [0, 0.05) is 6.08 Å². The molecule has 0 spiro atoms. The van der Waals surface area contributed by atoms with Crippen molar-refractivity contribution in [3.63, 3.8) is 0 Å². The van der Waals surface area contributed by atoms with E-state index in [0.717, 1.165) is 11.3 Å². The average Bonchev–Trinajstić information content (AvgIpc) is 2.89. The van der Waals surface area contributed by atoms with Gasteiger partial charge >= 0.3 is 0 Å². The Hall–Kier alpha value is -2.63. The molecule has 2 N–H and O–H groups in total. The van der Waals surface area contributed by atoms with Crippen molar-refractivity contribution in [2.45, 2.75) is 0 Å². The second-order valence-corrected chi connectivity index (χ2v) is 3.43. The van der Waals surface area contributed by atoms with Gasteiger partial charge in [0.15, 0.2) is 0 Å². The molecule has 0 radical (unpaired) electrons. The summed E-state index contributed by atoms with van der Waals surface area (Å²) in [5.74, 6) is 0.776. The third-order valence-corrected chi connectivity index (χ3v) is 2.18. The number of methoxy groups -OCH3 is 1. The van der Waals surface area contributed by atoms with E-state index < -0.39 is 0 Å². The van der Waals surface area contributed by atoms with E-state index in [1.165, 1.54) is 12.4 Å². The normalized spacial score (nSPS) is 10.5. The highest BCUT2D eigenvalue weighted by molar-refractivity contribution is 6.00. The predicted octanol–water partition coefficient (Wildman–Crippen LogP) is 1.47. The molecular formula is C12H12N4O2. The molecule has 0 saturated carbocycles. The molecule has 1 heterocycles. The number of benzene rings is 1. The van der Waals surface area contributed by atoms with E-state index in [-0.39, 0.29) is 5.91 Å². The van der Waals surface area contributed by atoms with E-state index in [2.05, 4.69) is 20.5 Å². The standard InChI is InChI=1S/C12H12N4O2/c1-18-10-4-2-3-9(7-10)5-6-11(17)15-12-13-8-14-16-12/h2-8H,1H3,(H2,13,14,15,16,17)/b6-5+. The molecule has 0 aliphatic heterocycles. The molecule has 0 unspecified atom stereocenters. The van der Waals surface area contributed by atoms with Crippen LogP contribution in [0, 0.1) is 0 Å². The zero-order valence-corrected chi connectivity index (χ0v) is 9.75. The van der Waals surface area contributed by atoms with E-state index in [9.17, 15) is 4.79 Å². The number of carbonyl (C=O) groups excluding carboxylic acids is 1. The summed E-state index contributed by atoms with van der Waals surface area (Å²) in [5.41, 5.74) is 0.877. The van der Waals surface area contributed by atoms with Gasteiger partial charge in [0.1, 0.15) is 12.1 Å².